The second-order valence-electron chi connectivity index (χ2n) is 2.83. The zero-order chi connectivity index (χ0) is 8.55. The summed E-state index contributed by atoms with van der Waals surface area (Å²) in [7, 11) is 0. The molecule has 2 heteroatoms. The lowest BCUT2D eigenvalue weighted by molar-refractivity contribution is 1.15. The molecule has 2 aromatic rings. The van der Waals surface area contributed by atoms with Gasteiger partial charge in [0.05, 0.1) is 10.5 Å². The maximum Gasteiger partial charge on any atom is 0.0647 e. The van der Waals surface area contributed by atoms with Crippen LogP contribution in [0.4, 0.5) is 0 Å². The average molecular weight is 180 g/mol. The van der Waals surface area contributed by atoms with Gasteiger partial charge in [0, 0.05) is 11.6 Å². The van der Waals surface area contributed by atoms with Crippen molar-refractivity contribution in [2.45, 2.75) is 13.3 Å². The summed E-state index contributed by atoms with van der Waals surface area (Å²) in [6.07, 6.45) is 3.07. The Morgan fingerprint density at radius 1 is 1.42 bits per heavy atom. The molecule has 0 fully saturated rings. The number of hydrogen-bond acceptors (Lipinski definition) is 0. The van der Waals surface area contributed by atoms with Crippen molar-refractivity contribution in [1.29, 1.82) is 0 Å². The van der Waals surface area contributed by atoms with Crippen LogP contribution in [0, 0.1) is 0 Å². The van der Waals surface area contributed by atoms with Crippen molar-refractivity contribution in [3.63, 3.8) is 0 Å². The quantitative estimate of drug-likeness (QED) is 0.691. The van der Waals surface area contributed by atoms with E-state index >= 15 is 0 Å². The minimum absolute atomic E-state index is 0.798. The first-order valence-corrected chi connectivity index (χ1v) is 4.45. The molecule has 0 aliphatic rings. The highest BCUT2D eigenvalue weighted by Gasteiger charge is 2.03. The molecule has 0 unspecified atom stereocenters. The normalized spacial score (nSPS) is 10.8. The largest absolute Gasteiger partial charge is 0.360 e. The number of halogens is 1. The predicted octanol–water partition coefficient (Wildman–Crippen LogP) is 3.38. The zero-order valence-electron chi connectivity index (χ0n) is 6.89. The van der Waals surface area contributed by atoms with Crippen LogP contribution in [0.5, 0.6) is 0 Å². The number of aromatic amines is 1. The summed E-state index contributed by atoms with van der Waals surface area (Å²) in [6.45, 7) is 2.14. The van der Waals surface area contributed by atoms with E-state index in [1.165, 1.54) is 10.9 Å². The van der Waals surface area contributed by atoms with E-state index in [4.69, 9.17) is 11.6 Å². The fourth-order valence-corrected chi connectivity index (χ4v) is 1.70. The van der Waals surface area contributed by atoms with E-state index in [9.17, 15) is 0 Å². The highest BCUT2D eigenvalue weighted by Crippen LogP contribution is 2.24. The Labute approximate surface area is 76.4 Å². The van der Waals surface area contributed by atoms with Crippen LogP contribution in [-0.2, 0) is 6.42 Å². The van der Waals surface area contributed by atoms with E-state index in [0.717, 1.165) is 17.0 Å². The van der Waals surface area contributed by atoms with E-state index in [1.807, 2.05) is 18.3 Å². The lowest BCUT2D eigenvalue weighted by Crippen LogP contribution is -1.74. The van der Waals surface area contributed by atoms with E-state index in [0.29, 0.717) is 0 Å². The second-order valence-corrected chi connectivity index (χ2v) is 3.24. The molecule has 2 rings (SSSR count). The highest BCUT2D eigenvalue weighted by atomic mass is 35.5. The van der Waals surface area contributed by atoms with Gasteiger partial charge in [0.1, 0.15) is 0 Å². The number of aromatic nitrogens is 1. The fourth-order valence-electron chi connectivity index (χ4n) is 1.47. The standard InChI is InChI=1S/C10H10ClN/c1-2-7-6-12-10-8(7)4-3-5-9(10)11/h3-6,12H,2H2,1H3. The molecule has 0 aliphatic heterocycles. The topological polar surface area (TPSA) is 15.8 Å². The Morgan fingerprint density at radius 2 is 2.25 bits per heavy atom. The van der Waals surface area contributed by atoms with Gasteiger partial charge in [-0.25, -0.2) is 0 Å². The van der Waals surface area contributed by atoms with Gasteiger partial charge in [0.2, 0.25) is 0 Å². The maximum atomic E-state index is 6.00. The zero-order valence-corrected chi connectivity index (χ0v) is 7.65. The molecule has 12 heavy (non-hydrogen) atoms. The number of fused-ring (bicyclic) bond motifs is 1. The van der Waals surface area contributed by atoms with Gasteiger partial charge in [-0.05, 0) is 18.1 Å². The van der Waals surface area contributed by atoms with Crippen LogP contribution < -0.4 is 0 Å². The van der Waals surface area contributed by atoms with Gasteiger partial charge >= 0.3 is 0 Å². The molecule has 0 bridgehead atoms. The molecule has 1 aromatic carbocycles. The van der Waals surface area contributed by atoms with Gasteiger partial charge in [-0.1, -0.05) is 30.7 Å². The van der Waals surface area contributed by atoms with Gasteiger partial charge in [-0.2, -0.15) is 0 Å². The van der Waals surface area contributed by atoms with Crippen molar-refractivity contribution in [2.24, 2.45) is 0 Å². The number of aryl methyl sites for hydroxylation is 1. The molecular formula is C10H10ClN. The molecule has 1 N–H and O–H groups in total. The Morgan fingerprint density at radius 3 is 3.00 bits per heavy atom. The van der Waals surface area contributed by atoms with Crippen molar-refractivity contribution in [3.8, 4) is 0 Å². The van der Waals surface area contributed by atoms with Gasteiger partial charge in [0.25, 0.3) is 0 Å². The molecule has 1 heterocycles. The van der Waals surface area contributed by atoms with Gasteiger partial charge in [-0.3, -0.25) is 0 Å². The molecule has 0 spiro atoms. The van der Waals surface area contributed by atoms with Crippen LogP contribution in [0.15, 0.2) is 24.4 Å². The van der Waals surface area contributed by atoms with Crippen molar-refractivity contribution in [3.05, 3.63) is 35.0 Å². The second kappa shape index (κ2) is 2.83. The van der Waals surface area contributed by atoms with E-state index < -0.39 is 0 Å². The molecular weight excluding hydrogens is 170 g/mol. The van der Waals surface area contributed by atoms with Crippen LogP contribution in [-0.4, -0.2) is 4.98 Å². The molecule has 0 amide bonds. The summed E-state index contributed by atoms with van der Waals surface area (Å²) in [6, 6.07) is 5.98. The van der Waals surface area contributed by atoms with Crippen LogP contribution in [0.3, 0.4) is 0 Å². The summed E-state index contributed by atoms with van der Waals surface area (Å²) >= 11 is 6.00. The lowest BCUT2D eigenvalue weighted by Gasteiger charge is -1.94. The third kappa shape index (κ3) is 1.01. The van der Waals surface area contributed by atoms with E-state index in [1.54, 1.807) is 0 Å². The lowest BCUT2D eigenvalue weighted by atomic mass is 10.1. The number of benzene rings is 1. The first-order valence-electron chi connectivity index (χ1n) is 4.07. The SMILES string of the molecule is CCc1c[nH]c2c(Cl)cccc12. The number of hydrogen-bond donors (Lipinski definition) is 1. The third-order valence-electron chi connectivity index (χ3n) is 2.13. The Bertz CT molecular complexity index is 403. The van der Waals surface area contributed by atoms with Crippen LogP contribution in [0.25, 0.3) is 10.9 Å². The Balaban J connectivity index is 2.80. The molecule has 1 nitrogen and oxygen atoms in total. The number of nitrogens with one attached hydrogen (secondary N) is 1. The van der Waals surface area contributed by atoms with Gasteiger partial charge in [0.15, 0.2) is 0 Å². The van der Waals surface area contributed by atoms with Crippen molar-refractivity contribution in [1.82, 2.24) is 4.98 Å². The highest BCUT2D eigenvalue weighted by molar-refractivity contribution is 6.35. The molecule has 0 aliphatic carbocycles. The molecule has 0 atom stereocenters. The van der Waals surface area contributed by atoms with Crippen LogP contribution in [0.1, 0.15) is 12.5 Å². The van der Waals surface area contributed by atoms with Crippen LogP contribution in [0.2, 0.25) is 5.02 Å². The first-order chi connectivity index (χ1) is 5.83. The molecule has 0 saturated heterocycles. The summed E-state index contributed by atoms with van der Waals surface area (Å²) in [5.74, 6) is 0. The Kier molecular flexibility index (Phi) is 1.81. The monoisotopic (exact) mass is 179 g/mol. The first kappa shape index (κ1) is 7.69. The maximum absolute atomic E-state index is 6.00. The summed E-state index contributed by atoms with van der Waals surface area (Å²) in [5, 5.41) is 2.04. The third-order valence-corrected chi connectivity index (χ3v) is 2.45. The van der Waals surface area contributed by atoms with E-state index in [-0.39, 0.29) is 0 Å². The smallest absolute Gasteiger partial charge is 0.0647 e. The predicted molar refractivity (Wildman–Crippen MR) is 52.7 cm³/mol. The van der Waals surface area contributed by atoms with Crippen molar-refractivity contribution < 1.29 is 0 Å². The fraction of sp³-hybridized carbons (Fsp3) is 0.200. The molecule has 0 radical (unpaired) electrons. The average Bonchev–Trinajstić information content (AvgIpc) is 2.49. The van der Waals surface area contributed by atoms with Crippen LogP contribution >= 0.6 is 11.6 Å². The van der Waals surface area contributed by atoms with Crippen molar-refractivity contribution >= 4 is 22.5 Å². The minimum atomic E-state index is 0.798. The Hall–Kier alpha value is -0.950. The minimum Gasteiger partial charge on any atom is -0.360 e. The summed E-state index contributed by atoms with van der Waals surface area (Å²) in [5.41, 5.74) is 2.38. The van der Waals surface area contributed by atoms with E-state index in [2.05, 4.69) is 18.0 Å². The van der Waals surface area contributed by atoms with Gasteiger partial charge < -0.3 is 4.98 Å². The molecule has 0 saturated carbocycles. The number of para-hydroxylation sites is 1. The van der Waals surface area contributed by atoms with Crippen molar-refractivity contribution in [2.75, 3.05) is 0 Å². The summed E-state index contributed by atoms with van der Waals surface area (Å²) < 4.78 is 0. The summed E-state index contributed by atoms with van der Waals surface area (Å²) in [4.78, 5) is 3.18. The number of H-pyrrole nitrogens is 1. The molecule has 62 valence electrons. The number of rotatable bonds is 1. The van der Waals surface area contributed by atoms with Gasteiger partial charge in [-0.15, -0.1) is 0 Å². The molecule has 1 aromatic heterocycles.